The second-order valence-corrected chi connectivity index (χ2v) is 8.09. The van der Waals surface area contributed by atoms with Crippen molar-refractivity contribution in [2.24, 2.45) is 0 Å². The van der Waals surface area contributed by atoms with E-state index in [0.29, 0.717) is 11.5 Å². The summed E-state index contributed by atoms with van der Waals surface area (Å²) in [5.74, 6) is 0.778. The summed E-state index contributed by atoms with van der Waals surface area (Å²) in [5, 5.41) is 0. The van der Waals surface area contributed by atoms with Gasteiger partial charge in [-0.15, -0.1) is 0 Å². The minimum atomic E-state index is -3.73. The molecule has 8 heteroatoms. The molecule has 1 aliphatic rings. The van der Waals surface area contributed by atoms with Gasteiger partial charge in [0.2, 0.25) is 22.7 Å². The smallest absolute Gasteiger partial charge is 0.240 e. The molecule has 1 aliphatic heterocycles. The van der Waals surface area contributed by atoms with Crippen molar-refractivity contribution in [2.45, 2.75) is 25.7 Å². The molecule has 2 aromatic rings. The van der Waals surface area contributed by atoms with Crippen LogP contribution in [0, 0.1) is 13.8 Å². The third kappa shape index (κ3) is 4.06. The molecule has 0 fully saturated rings. The zero-order chi connectivity index (χ0) is 19.6. The molecule has 1 amide bonds. The van der Waals surface area contributed by atoms with Gasteiger partial charge in [-0.1, -0.05) is 18.2 Å². The van der Waals surface area contributed by atoms with Gasteiger partial charge in [0, 0.05) is 31.8 Å². The van der Waals surface area contributed by atoms with E-state index in [1.54, 1.807) is 11.0 Å². The van der Waals surface area contributed by atoms with Gasteiger partial charge in [0.25, 0.3) is 0 Å². The fourth-order valence-corrected chi connectivity index (χ4v) is 4.11. The number of sulfonamides is 1. The van der Waals surface area contributed by atoms with Gasteiger partial charge in [0.1, 0.15) is 0 Å². The van der Waals surface area contributed by atoms with E-state index in [9.17, 15) is 13.2 Å². The molecule has 1 heterocycles. The van der Waals surface area contributed by atoms with E-state index in [0.717, 1.165) is 16.8 Å². The van der Waals surface area contributed by atoms with Crippen molar-refractivity contribution < 1.29 is 22.7 Å². The molecule has 0 aromatic heterocycles. The number of aryl methyl sites for hydroxylation is 2. The van der Waals surface area contributed by atoms with Crippen LogP contribution in [0.1, 0.15) is 18.1 Å². The summed E-state index contributed by atoms with van der Waals surface area (Å²) in [6.45, 7) is 5.72. The molecule has 0 saturated heterocycles. The number of ether oxygens (including phenoxy) is 2. The topological polar surface area (TPSA) is 84.9 Å². The van der Waals surface area contributed by atoms with E-state index >= 15 is 0 Å². The molecule has 0 unspecified atom stereocenters. The Balaban J connectivity index is 1.72. The predicted octanol–water partition coefficient (Wildman–Crippen LogP) is 2.36. The molecule has 7 nitrogen and oxygen atoms in total. The maximum atomic E-state index is 12.5. The first-order valence-corrected chi connectivity index (χ1v) is 10.0. The van der Waals surface area contributed by atoms with Crippen LogP contribution in [0.2, 0.25) is 0 Å². The monoisotopic (exact) mass is 390 g/mol. The number of fused-ring (bicyclic) bond motifs is 1. The molecule has 0 radical (unpaired) electrons. The second kappa shape index (κ2) is 7.58. The van der Waals surface area contributed by atoms with E-state index in [4.69, 9.17) is 9.47 Å². The third-order valence-electron chi connectivity index (χ3n) is 4.37. The van der Waals surface area contributed by atoms with Crippen LogP contribution in [-0.2, 0) is 14.8 Å². The van der Waals surface area contributed by atoms with Crippen molar-refractivity contribution in [3.05, 3.63) is 47.5 Å². The van der Waals surface area contributed by atoms with Crippen molar-refractivity contribution >= 4 is 21.6 Å². The Bertz CT molecular complexity index is 952. The molecule has 0 bridgehead atoms. The first-order chi connectivity index (χ1) is 12.8. The third-order valence-corrected chi connectivity index (χ3v) is 5.83. The summed E-state index contributed by atoms with van der Waals surface area (Å²) in [5.41, 5.74) is 2.74. The summed E-state index contributed by atoms with van der Waals surface area (Å²) >= 11 is 0. The largest absolute Gasteiger partial charge is 0.454 e. The van der Waals surface area contributed by atoms with Crippen LogP contribution in [0.15, 0.2) is 41.3 Å². The minimum Gasteiger partial charge on any atom is -0.454 e. The van der Waals surface area contributed by atoms with Crippen LogP contribution in [-0.4, -0.2) is 34.2 Å². The quantitative estimate of drug-likeness (QED) is 0.819. The minimum absolute atomic E-state index is 0.0790. The fraction of sp³-hybridized carbons (Fsp3) is 0.316. The molecule has 144 valence electrons. The van der Waals surface area contributed by atoms with E-state index in [-0.39, 0.29) is 30.7 Å². The molecule has 0 atom stereocenters. The number of hydrogen-bond donors (Lipinski definition) is 1. The Morgan fingerprint density at radius 3 is 2.44 bits per heavy atom. The molecule has 27 heavy (non-hydrogen) atoms. The normalized spacial score (nSPS) is 12.9. The first kappa shape index (κ1) is 19.2. The van der Waals surface area contributed by atoms with Crippen LogP contribution in [0.5, 0.6) is 11.5 Å². The number of carbonyl (C=O) groups is 1. The molecule has 0 saturated carbocycles. The fourth-order valence-electron chi connectivity index (χ4n) is 3.08. The summed E-state index contributed by atoms with van der Waals surface area (Å²) in [6, 6.07) is 10.2. The molecular formula is C19H22N2O5S. The van der Waals surface area contributed by atoms with Crippen molar-refractivity contribution in [2.75, 3.05) is 24.8 Å². The lowest BCUT2D eigenvalue weighted by Crippen LogP contribution is -2.38. The highest BCUT2D eigenvalue weighted by molar-refractivity contribution is 7.89. The first-order valence-electron chi connectivity index (χ1n) is 8.53. The van der Waals surface area contributed by atoms with Gasteiger partial charge in [0.15, 0.2) is 11.5 Å². The van der Waals surface area contributed by atoms with E-state index in [2.05, 4.69) is 4.72 Å². The zero-order valence-electron chi connectivity index (χ0n) is 15.5. The Morgan fingerprint density at radius 2 is 1.78 bits per heavy atom. The van der Waals surface area contributed by atoms with Crippen molar-refractivity contribution in [1.82, 2.24) is 4.72 Å². The van der Waals surface area contributed by atoms with E-state index in [1.165, 1.54) is 19.1 Å². The van der Waals surface area contributed by atoms with Crippen LogP contribution in [0.4, 0.5) is 5.69 Å². The lowest BCUT2D eigenvalue weighted by molar-refractivity contribution is -0.116. The summed E-state index contributed by atoms with van der Waals surface area (Å²) in [6.07, 6.45) is 0. The number of benzene rings is 2. The van der Waals surface area contributed by atoms with Gasteiger partial charge in [-0.05, 0) is 37.1 Å². The standard InChI is InChI=1S/C19H22N2O5S/c1-13-5-4-6-14(2)19(13)21(15(3)22)10-9-20-27(23,24)16-7-8-17-18(11-16)26-12-25-17/h4-8,11,20H,9-10,12H2,1-3H3. The lowest BCUT2D eigenvalue weighted by Gasteiger charge is -2.25. The van der Waals surface area contributed by atoms with Crippen molar-refractivity contribution in [1.29, 1.82) is 0 Å². The number of carbonyl (C=O) groups excluding carboxylic acids is 1. The zero-order valence-corrected chi connectivity index (χ0v) is 16.3. The van der Waals surface area contributed by atoms with Crippen LogP contribution >= 0.6 is 0 Å². The molecule has 1 N–H and O–H groups in total. The molecule has 3 rings (SSSR count). The highest BCUT2D eigenvalue weighted by Gasteiger charge is 2.21. The summed E-state index contributed by atoms with van der Waals surface area (Å²) in [7, 11) is -3.73. The maximum Gasteiger partial charge on any atom is 0.240 e. The molecular weight excluding hydrogens is 368 g/mol. The number of amides is 1. The predicted molar refractivity (Wildman–Crippen MR) is 102 cm³/mol. The van der Waals surface area contributed by atoms with E-state index < -0.39 is 10.0 Å². The molecule has 0 spiro atoms. The van der Waals surface area contributed by atoms with Gasteiger partial charge in [0.05, 0.1) is 4.90 Å². The van der Waals surface area contributed by atoms with Crippen LogP contribution < -0.4 is 19.1 Å². The summed E-state index contributed by atoms with van der Waals surface area (Å²) < 4.78 is 38.0. The number of nitrogens with zero attached hydrogens (tertiary/aromatic N) is 1. The average Bonchev–Trinajstić information content (AvgIpc) is 3.07. The van der Waals surface area contributed by atoms with Gasteiger partial charge in [-0.3, -0.25) is 4.79 Å². The highest BCUT2D eigenvalue weighted by Crippen LogP contribution is 2.33. The van der Waals surface area contributed by atoms with E-state index in [1.807, 2.05) is 32.0 Å². The SMILES string of the molecule is CC(=O)N(CCNS(=O)(=O)c1ccc2c(c1)OCO2)c1c(C)cccc1C. The summed E-state index contributed by atoms with van der Waals surface area (Å²) in [4.78, 5) is 13.8. The molecule has 2 aromatic carbocycles. The maximum absolute atomic E-state index is 12.5. The Labute approximate surface area is 158 Å². The number of hydrogen-bond acceptors (Lipinski definition) is 5. The Hall–Kier alpha value is -2.58. The average molecular weight is 390 g/mol. The van der Waals surface area contributed by atoms with Gasteiger partial charge < -0.3 is 14.4 Å². The Kier molecular flexibility index (Phi) is 5.38. The number of anilines is 1. The highest BCUT2D eigenvalue weighted by atomic mass is 32.2. The van der Waals surface area contributed by atoms with Gasteiger partial charge >= 0.3 is 0 Å². The van der Waals surface area contributed by atoms with Gasteiger partial charge in [-0.2, -0.15) is 0 Å². The lowest BCUT2D eigenvalue weighted by atomic mass is 10.1. The number of para-hydroxylation sites is 1. The van der Waals surface area contributed by atoms with Crippen LogP contribution in [0.25, 0.3) is 0 Å². The number of rotatable bonds is 6. The van der Waals surface area contributed by atoms with Crippen LogP contribution in [0.3, 0.4) is 0 Å². The molecule has 0 aliphatic carbocycles. The van der Waals surface area contributed by atoms with Gasteiger partial charge in [-0.25, -0.2) is 13.1 Å². The Morgan fingerprint density at radius 1 is 1.11 bits per heavy atom. The van der Waals surface area contributed by atoms with Crippen molar-refractivity contribution in [3.63, 3.8) is 0 Å². The number of nitrogens with one attached hydrogen (secondary N) is 1. The van der Waals surface area contributed by atoms with Crippen molar-refractivity contribution in [3.8, 4) is 11.5 Å². The second-order valence-electron chi connectivity index (χ2n) is 6.32.